The lowest BCUT2D eigenvalue weighted by molar-refractivity contribution is -0.258. The summed E-state index contributed by atoms with van der Waals surface area (Å²) < 4.78 is 39.4. The van der Waals surface area contributed by atoms with E-state index < -0.39 is 17.7 Å². The Bertz CT molecular complexity index is 1040. The minimum atomic E-state index is -4.81. The molecule has 3 N–H and O–H groups in total. The maximum absolute atomic E-state index is 13.3. The van der Waals surface area contributed by atoms with Crippen LogP contribution in [0.4, 0.5) is 13.2 Å². The van der Waals surface area contributed by atoms with E-state index in [9.17, 15) is 27.9 Å². The molecule has 1 atom stereocenters. The van der Waals surface area contributed by atoms with Crippen LogP contribution in [0.5, 0.6) is 0 Å². The molecule has 5 nitrogen and oxygen atoms in total. The molecule has 0 spiro atoms. The minimum Gasteiger partial charge on any atom is -0.376 e. The summed E-state index contributed by atoms with van der Waals surface area (Å²) in [4.78, 5) is 26.5. The highest BCUT2D eigenvalue weighted by Crippen LogP contribution is 2.41. The monoisotopic (exact) mass is 474 g/mol. The van der Waals surface area contributed by atoms with E-state index in [-0.39, 0.29) is 23.6 Å². The SMILES string of the molecule is C[C@](O)(c1ccc(C(=O)N(C2CC2)[C@H]2CC[C@H](c3ccc(C(N)=O)cc3)CC2)cc1)C(F)(F)F. The van der Waals surface area contributed by atoms with E-state index >= 15 is 0 Å². The number of amides is 2. The lowest BCUT2D eigenvalue weighted by Crippen LogP contribution is -2.43. The summed E-state index contributed by atoms with van der Waals surface area (Å²) in [6.45, 7) is 0.709. The number of hydrogen-bond acceptors (Lipinski definition) is 3. The Hall–Kier alpha value is -2.87. The van der Waals surface area contributed by atoms with E-state index in [4.69, 9.17) is 5.73 Å². The van der Waals surface area contributed by atoms with Gasteiger partial charge in [-0.15, -0.1) is 0 Å². The molecule has 8 heteroatoms. The molecular formula is C26H29F3N2O3. The summed E-state index contributed by atoms with van der Waals surface area (Å²) in [5.74, 6) is -0.280. The molecule has 0 saturated heterocycles. The van der Waals surface area contributed by atoms with Gasteiger partial charge in [0.1, 0.15) is 0 Å². The molecule has 4 rings (SSSR count). The number of carbonyl (C=O) groups excluding carboxylic acids is 2. The van der Waals surface area contributed by atoms with Gasteiger partial charge in [-0.3, -0.25) is 9.59 Å². The van der Waals surface area contributed by atoms with Crippen LogP contribution in [0.25, 0.3) is 0 Å². The highest BCUT2D eigenvalue weighted by atomic mass is 19.4. The molecule has 2 aromatic carbocycles. The third kappa shape index (κ3) is 4.82. The number of halogens is 3. The quantitative estimate of drug-likeness (QED) is 0.626. The average molecular weight is 475 g/mol. The number of aliphatic hydroxyl groups is 1. The molecule has 2 amide bonds. The van der Waals surface area contributed by atoms with Crippen LogP contribution in [0.2, 0.25) is 0 Å². The summed E-state index contributed by atoms with van der Waals surface area (Å²) in [5, 5.41) is 9.88. The van der Waals surface area contributed by atoms with Crippen LogP contribution >= 0.6 is 0 Å². The van der Waals surface area contributed by atoms with Gasteiger partial charge in [0.2, 0.25) is 5.91 Å². The first kappa shape index (κ1) is 24.3. The number of rotatable bonds is 6. The standard InChI is InChI=1S/C26H29F3N2O3/c1-25(34,26(27,28)29)20-10-6-19(7-11-20)24(33)31(22-14-15-22)21-12-8-17(9-13-21)16-2-4-18(5-3-16)23(30)32/h2-7,10-11,17,21-22,34H,8-9,12-15H2,1H3,(H2,30,32)/t17-,21-,25-/m0/s1. The van der Waals surface area contributed by atoms with Crippen molar-refractivity contribution in [1.82, 2.24) is 4.90 Å². The van der Waals surface area contributed by atoms with Crippen LogP contribution < -0.4 is 5.73 Å². The van der Waals surface area contributed by atoms with E-state index in [1.165, 1.54) is 24.3 Å². The maximum atomic E-state index is 13.3. The fourth-order valence-corrected chi connectivity index (χ4v) is 4.84. The number of carbonyl (C=O) groups is 2. The fraction of sp³-hybridized carbons (Fsp3) is 0.462. The van der Waals surface area contributed by atoms with Gasteiger partial charge in [0.25, 0.3) is 5.91 Å². The summed E-state index contributed by atoms with van der Waals surface area (Å²) >= 11 is 0. The molecule has 2 aromatic rings. The van der Waals surface area contributed by atoms with Crippen LogP contribution in [0.3, 0.4) is 0 Å². The van der Waals surface area contributed by atoms with Crippen LogP contribution in [0.15, 0.2) is 48.5 Å². The van der Waals surface area contributed by atoms with Crippen molar-refractivity contribution in [2.24, 2.45) is 5.73 Å². The zero-order valence-electron chi connectivity index (χ0n) is 19.0. The zero-order chi connectivity index (χ0) is 24.7. The van der Waals surface area contributed by atoms with Crippen LogP contribution in [-0.4, -0.2) is 40.1 Å². The lowest BCUT2D eigenvalue weighted by Gasteiger charge is -2.37. The van der Waals surface area contributed by atoms with Gasteiger partial charge >= 0.3 is 6.18 Å². The number of nitrogens with two attached hydrogens (primary N) is 1. The smallest absolute Gasteiger partial charge is 0.376 e. The Labute approximate surface area is 196 Å². The van der Waals surface area contributed by atoms with Crippen molar-refractivity contribution >= 4 is 11.8 Å². The predicted octanol–water partition coefficient (Wildman–Crippen LogP) is 4.89. The summed E-state index contributed by atoms with van der Waals surface area (Å²) in [6.07, 6.45) is 0.547. The maximum Gasteiger partial charge on any atom is 0.421 e. The highest BCUT2D eigenvalue weighted by molar-refractivity contribution is 5.95. The Kier molecular flexibility index (Phi) is 6.46. The molecule has 2 aliphatic carbocycles. The molecule has 182 valence electrons. The van der Waals surface area contributed by atoms with Gasteiger partial charge in [0, 0.05) is 23.2 Å². The summed E-state index contributed by atoms with van der Waals surface area (Å²) in [5.41, 5.74) is 4.01. The topological polar surface area (TPSA) is 83.6 Å². The second-order valence-electron chi connectivity index (χ2n) is 9.58. The van der Waals surface area contributed by atoms with Crippen molar-refractivity contribution in [2.45, 2.75) is 75.2 Å². The van der Waals surface area contributed by atoms with E-state index in [0.717, 1.165) is 44.1 Å². The van der Waals surface area contributed by atoms with Crippen molar-refractivity contribution in [3.05, 3.63) is 70.8 Å². The van der Waals surface area contributed by atoms with E-state index in [0.29, 0.717) is 24.0 Å². The van der Waals surface area contributed by atoms with Crippen molar-refractivity contribution in [1.29, 1.82) is 0 Å². The van der Waals surface area contributed by atoms with Gasteiger partial charge in [-0.25, -0.2) is 0 Å². The molecule has 34 heavy (non-hydrogen) atoms. The number of nitrogens with zero attached hydrogens (tertiary/aromatic N) is 1. The Morgan fingerprint density at radius 2 is 1.32 bits per heavy atom. The zero-order valence-corrected chi connectivity index (χ0v) is 19.0. The molecule has 0 unspecified atom stereocenters. The van der Waals surface area contributed by atoms with E-state index in [1.54, 1.807) is 12.1 Å². The largest absolute Gasteiger partial charge is 0.421 e. The van der Waals surface area contributed by atoms with Crippen LogP contribution in [0.1, 0.15) is 83.2 Å². The molecule has 2 fully saturated rings. The molecular weight excluding hydrogens is 445 g/mol. The molecule has 0 radical (unpaired) electrons. The van der Waals surface area contributed by atoms with Crippen LogP contribution in [0, 0.1) is 0 Å². The third-order valence-corrected chi connectivity index (χ3v) is 7.18. The van der Waals surface area contributed by atoms with Crippen LogP contribution in [-0.2, 0) is 5.60 Å². The van der Waals surface area contributed by atoms with Crippen molar-refractivity contribution < 1.29 is 27.9 Å². The molecule has 2 aliphatic rings. The molecule has 2 saturated carbocycles. The van der Waals surface area contributed by atoms with E-state index in [1.807, 2.05) is 17.0 Å². The normalized spacial score (nSPS) is 22.6. The van der Waals surface area contributed by atoms with Gasteiger partial charge < -0.3 is 15.7 Å². The number of benzene rings is 2. The van der Waals surface area contributed by atoms with Crippen molar-refractivity contribution in [3.63, 3.8) is 0 Å². The Balaban J connectivity index is 1.44. The van der Waals surface area contributed by atoms with Gasteiger partial charge in [-0.1, -0.05) is 24.3 Å². The fourth-order valence-electron chi connectivity index (χ4n) is 4.84. The average Bonchev–Trinajstić information content (AvgIpc) is 3.64. The van der Waals surface area contributed by atoms with Gasteiger partial charge in [0.15, 0.2) is 5.60 Å². The first-order valence-electron chi connectivity index (χ1n) is 11.6. The second kappa shape index (κ2) is 9.06. The molecule has 0 aliphatic heterocycles. The molecule has 0 aromatic heterocycles. The molecule has 0 heterocycles. The van der Waals surface area contributed by atoms with E-state index in [2.05, 4.69) is 0 Å². The van der Waals surface area contributed by atoms with Crippen molar-refractivity contribution in [3.8, 4) is 0 Å². The first-order valence-corrected chi connectivity index (χ1v) is 11.6. The Morgan fingerprint density at radius 1 is 0.853 bits per heavy atom. The number of alkyl halides is 3. The van der Waals surface area contributed by atoms with Gasteiger partial charge in [0.05, 0.1) is 0 Å². The first-order chi connectivity index (χ1) is 16.0. The lowest BCUT2D eigenvalue weighted by atomic mass is 9.81. The molecule has 0 bridgehead atoms. The third-order valence-electron chi connectivity index (χ3n) is 7.18. The summed E-state index contributed by atoms with van der Waals surface area (Å²) in [6, 6.07) is 12.7. The van der Waals surface area contributed by atoms with Gasteiger partial charge in [-0.2, -0.15) is 13.2 Å². The number of primary amides is 1. The Morgan fingerprint density at radius 3 is 1.76 bits per heavy atom. The predicted molar refractivity (Wildman–Crippen MR) is 121 cm³/mol. The highest BCUT2D eigenvalue weighted by Gasteiger charge is 2.51. The number of hydrogen-bond donors (Lipinski definition) is 2. The summed E-state index contributed by atoms with van der Waals surface area (Å²) in [7, 11) is 0. The minimum absolute atomic E-state index is 0.0825. The second-order valence-corrected chi connectivity index (χ2v) is 9.58. The van der Waals surface area contributed by atoms with Crippen molar-refractivity contribution in [2.75, 3.05) is 0 Å². The van der Waals surface area contributed by atoms with Gasteiger partial charge in [-0.05, 0) is 86.8 Å².